The minimum absolute atomic E-state index is 0. The number of ether oxygens (including phenoxy) is 2. The smallest absolute Gasteiger partial charge is 0.335 e. The minimum Gasteiger partial charge on any atom is -0.479 e. The fourth-order valence-electron chi connectivity index (χ4n) is 2.45. The van der Waals surface area contributed by atoms with E-state index < -0.39 is 36.7 Å². The Morgan fingerprint density at radius 1 is 1.08 bits per heavy atom. The molecule has 2 aromatic rings. The number of carboxylic acids is 1. The number of hydrogen-bond donors (Lipinski definition) is 4. The number of hydrogen-bond acceptors (Lipinski definition) is 7. The van der Waals surface area contributed by atoms with Gasteiger partial charge in [-0.3, -0.25) is 4.98 Å². The molecule has 1 radical (unpaired) electrons. The molecule has 3 rings (SSSR count). The summed E-state index contributed by atoms with van der Waals surface area (Å²) in [6, 6.07) is 8.66. The molecule has 4 N–H and O–H groups in total. The minimum atomic E-state index is -1.76. The molecule has 9 heteroatoms. The third-order valence-corrected chi connectivity index (χ3v) is 3.65. The van der Waals surface area contributed by atoms with Crippen LogP contribution in [0.3, 0.4) is 0 Å². The summed E-state index contributed by atoms with van der Waals surface area (Å²) in [6.07, 6.45) is -6.68. The van der Waals surface area contributed by atoms with E-state index in [1.54, 1.807) is 24.4 Å². The standard InChI is InChI=1S/C15H15NO7.Na/c17-10-11(18)13(14(20)21)23-15(12(10)19)22-8-5-1-3-7-4-2-6-16-9(7)8;/h1-6,10-13,15,17-19H,(H,20,21);/t10-,11-,12+,13-,15+;/m0./s1. The van der Waals surface area contributed by atoms with E-state index in [2.05, 4.69) is 4.98 Å². The number of aromatic nitrogens is 1. The van der Waals surface area contributed by atoms with Crippen LogP contribution in [0.5, 0.6) is 5.75 Å². The Hall–Kier alpha value is -1.26. The maximum absolute atomic E-state index is 11.1. The van der Waals surface area contributed by atoms with Crippen molar-refractivity contribution < 1.29 is 34.7 Å². The number of nitrogens with zero attached hydrogens (tertiary/aromatic N) is 1. The van der Waals surface area contributed by atoms with Crippen molar-refractivity contribution in [1.82, 2.24) is 4.98 Å². The predicted molar refractivity (Wildman–Crippen MR) is 82.4 cm³/mol. The Kier molecular flexibility index (Phi) is 6.16. The first-order chi connectivity index (χ1) is 11.0. The second-order valence-corrected chi connectivity index (χ2v) is 5.18. The van der Waals surface area contributed by atoms with Gasteiger partial charge in [-0.15, -0.1) is 0 Å². The molecule has 0 aliphatic carbocycles. The molecule has 1 aromatic heterocycles. The number of aliphatic carboxylic acids is 1. The Labute approximate surface area is 158 Å². The van der Waals surface area contributed by atoms with E-state index in [-0.39, 0.29) is 35.3 Å². The summed E-state index contributed by atoms with van der Waals surface area (Å²) < 4.78 is 10.6. The van der Waals surface area contributed by atoms with Crippen molar-refractivity contribution in [3.8, 4) is 5.75 Å². The van der Waals surface area contributed by atoms with Crippen LogP contribution < -0.4 is 4.74 Å². The van der Waals surface area contributed by atoms with Crippen molar-refractivity contribution in [3.63, 3.8) is 0 Å². The maximum atomic E-state index is 11.1. The van der Waals surface area contributed by atoms with Gasteiger partial charge in [0.05, 0.1) is 0 Å². The summed E-state index contributed by atoms with van der Waals surface area (Å²) in [7, 11) is 0. The number of aliphatic hydroxyl groups is 3. The summed E-state index contributed by atoms with van der Waals surface area (Å²) in [5.74, 6) is -1.20. The molecule has 1 fully saturated rings. The van der Waals surface area contributed by atoms with Gasteiger partial charge in [-0.25, -0.2) is 4.79 Å². The SMILES string of the molecule is O=C(O)[C@H]1O[C@@H](Oc2cccc3cccnc23)[C@H](O)[C@@H](O)[C@@H]1O.[Na]. The molecule has 1 aliphatic heterocycles. The third-order valence-electron chi connectivity index (χ3n) is 3.65. The average Bonchev–Trinajstić information content (AvgIpc) is 2.55. The second-order valence-electron chi connectivity index (χ2n) is 5.18. The number of aliphatic hydroxyl groups excluding tert-OH is 3. The Morgan fingerprint density at radius 2 is 1.79 bits per heavy atom. The number of fused-ring (bicyclic) bond motifs is 1. The summed E-state index contributed by atoms with van der Waals surface area (Å²) in [5.41, 5.74) is 0.498. The van der Waals surface area contributed by atoms with Gasteiger partial charge < -0.3 is 29.9 Å². The van der Waals surface area contributed by atoms with Gasteiger partial charge >= 0.3 is 5.97 Å². The van der Waals surface area contributed by atoms with Crippen LogP contribution in [0.15, 0.2) is 36.5 Å². The van der Waals surface area contributed by atoms with Crippen LogP contribution >= 0.6 is 0 Å². The van der Waals surface area contributed by atoms with Crippen LogP contribution in [0.2, 0.25) is 0 Å². The molecule has 0 bridgehead atoms. The molecule has 0 spiro atoms. The summed E-state index contributed by atoms with van der Waals surface area (Å²) in [4.78, 5) is 15.3. The molecular weight excluding hydrogens is 329 g/mol. The number of carboxylic acid groups (broad SMARTS) is 1. The van der Waals surface area contributed by atoms with Crippen LogP contribution in [-0.2, 0) is 9.53 Å². The third kappa shape index (κ3) is 3.55. The first-order valence-corrected chi connectivity index (χ1v) is 6.92. The van der Waals surface area contributed by atoms with Crippen LogP contribution in [0.25, 0.3) is 10.9 Å². The van der Waals surface area contributed by atoms with E-state index in [1.165, 1.54) is 0 Å². The molecule has 1 aromatic carbocycles. The van der Waals surface area contributed by atoms with Gasteiger partial charge in [-0.2, -0.15) is 0 Å². The molecule has 0 amide bonds. The maximum Gasteiger partial charge on any atom is 0.335 e. The average molecular weight is 344 g/mol. The van der Waals surface area contributed by atoms with Crippen molar-refractivity contribution in [2.24, 2.45) is 0 Å². The summed E-state index contributed by atoms with van der Waals surface area (Å²) >= 11 is 0. The molecule has 5 atom stereocenters. The van der Waals surface area contributed by atoms with Gasteiger partial charge in [-0.05, 0) is 12.1 Å². The van der Waals surface area contributed by atoms with Gasteiger partial charge in [-0.1, -0.05) is 18.2 Å². The number of pyridine rings is 1. The molecule has 123 valence electrons. The van der Waals surface area contributed by atoms with Crippen LogP contribution in [0.4, 0.5) is 0 Å². The summed E-state index contributed by atoms with van der Waals surface area (Å²) in [6.45, 7) is 0. The predicted octanol–water partition coefficient (Wildman–Crippen LogP) is -0.875. The topological polar surface area (TPSA) is 129 Å². The van der Waals surface area contributed by atoms with Crippen molar-refractivity contribution in [2.75, 3.05) is 0 Å². The Morgan fingerprint density at radius 3 is 2.50 bits per heavy atom. The van der Waals surface area contributed by atoms with Gasteiger partial charge in [0.15, 0.2) is 6.10 Å². The van der Waals surface area contributed by atoms with E-state index in [4.69, 9.17) is 14.6 Å². The van der Waals surface area contributed by atoms with Crippen LogP contribution in [0, 0.1) is 0 Å². The first-order valence-electron chi connectivity index (χ1n) is 6.92. The van der Waals surface area contributed by atoms with E-state index >= 15 is 0 Å². The molecule has 8 nitrogen and oxygen atoms in total. The van der Waals surface area contributed by atoms with E-state index in [1.807, 2.05) is 12.1 Å². The second kappa shape index (κ2) is 7.75. The largest absolute Gasteiger partial charge is 0.479 e. The fraction of sp³-hybridized carbons (Fsp3) is 0.333. The number of para-hydroxylation sites is 1. The van der Waals surface area contributed by atoms with Gasteiger partial charge in [0.1, 0.15) is 29.6 Å². The Bertz CT molecular complexity index is 723. The first kappa shape index (κ1) is 19.1. The van der Waals surface area contributed by atoms with Crippen LogP contribution in [0.1, 0.15) is 0 Å². The van der Waals surface area contributed by atoms with Crippen molar-refractivity contribution in [3.05, 3.63) is 36.5 Å². The normalized spacial score (nSPS) is 29.7. The molecule has 0 unspecified atom stereocenters. The van der Waals surface area contributed by atoms with E-state index in [9.17, 15) is 20.1 Å². The van der Waals surface area contributed by atoms with E-state index in [0.29, 0.717) is 5.52 Å². The zero-order valence-electron chi connectivity index (χ0n) is 12.8. The number of carbonyl (C=O) groups is 1. The molecule has 2 heterocycles. The number of rotatable bonds is 3. The van der Waals surface area contributed by atoms with Crippen molar-refractivity contribution in [2.45, 2.75) is 30.7 Å². The van der Waals surface area contributed by atoms with Crippen LogP contribution in [-0.4, -0.2) is 91.6 Å². The quantitative estimate of drug-likeness (QED) is 0.529. The van der Waals surface area contributed by atoms with Gasteiger partial charge in [0, 0.05) is 41.1 Å². The molecule has 0 saturated carbocycles. The zero-order valence-corrected chi connectivity index (χ0v) is 14.8. The molecule has 1 saturated heterocycles. The Balaban J connectivity index is 0.00000208. The fourth-order valence-corrected chi connectivity index (χ4v) is 2.45. The number of benzene rings is 1. The molecule has 24 heavy (non-hydrogen) atoms. The molecular formula is C15H15NNaO7. The zero-order chi connectivity index (χ0) is 16.6. The van der Waals surface area contributed by atoms with Crippen molar-refractivity contribution in [1.29, 1.82) is 0 Å². The van der Waals surface area contributed by atoms with Gasteiger partial charge in [0.25, 0.3) is 0 Å². The molecule has 1 aliphatic rings. The van der Waals surface area contributed by atoms with Gasteiger partial charge in [0.2, 0.25) is 6.29 Å². The van der Waals surface area contributed by atoms with Crippen molar-refractivity contribution >= 4 is 46.4 Å². The summed E-state index contributed by atoms with van der Waals surface area (Å²) in [5, 5.41) is 39.2. The monoisotopic (exact) mass is 344 g/mol. The van der Waals surface area contributed by atoms with E-state index in [0.717, 1.165) is 5.39 Å².